The zero-order valence-corrected chi connectivity index (χ0v) is 18.8. The van der Waals surface area contributed by atoms with Crippen molar-refractivity contribution in [3.05, 3.63) is 58.2 Å². The highest BCUT2D eigenvalue weighted by atomic mass is 127. The summed E-state index contributed by atoms with van der Waals surface area (Å²) in [6.45, 7) is 6.04. The van der Waals surface area contributed by atoms with Crippen LogP contribution in [0.25, 0.3) is 11.3 Å². The van der Waals surface area contributed by atoms with Gasteiger partial charge < -0.3 is 14.7 Å². The molecule has 2 aromatic heterocycles. The number of guanidine groups is 1. The lowest BCUT2D eigenvalue weighted by Crippen LogP contribution is -2.38. The smallest absolute Gasteiger partial charge is 0.194 e. The Balaban J connectivity index is 0.00000261. The number of thiazole rings is 1. The molecule has 27 heavy (non-hydrogen) atoms. The number of nitrogens with zero attached hydrogens (tertiary/aromatic N) is 4. The third kappa shape index (κ3) is 6.03. The predicted molar refractivity (Wildman–Crippen MR) is 120 cm³/mol. The molecule has 0 bridgehead atoms. The molecule has 0 radical (unpaired) electrons. The first kappa shape index (κ1) is 21.4. The Morgan fingerprint density at radius 2 is 2.04 bits per heavy atom. The fraction of sp³-hybridized carbons (Fsp3) is 0.316. The number of nitrogens with one attached hydrogen (secondary N) is 1. The largest absolute Gasteiger partial charge is 0.357 e. The second-order valence-corrected chi connectivity index (χ2v) is 6.99. The van der Waals surface area contributed by atoms with Crippen molar-refractivity contribution >= 4 is 41.3 Å². The third-order valence-corrected chi connectivity index (χ3v) is 4.59. The standard InChI is InChI=1S/C19H23N5OS.HI/c1-4-20-19(24(3)12-17-13-26-14(2)22-17)21-11-16-10-18(25-23-16)15-8-6-5-7-9-15;/h5-10,13H,4,11-12H2,1-3H3,(H,20,21);1H. The minimum absolute atomic E-state index is 0. The molecule has 1 aromatic carbocycles. The average Bonchev–Trinajstić information content (AvgIpc) is 3.28. The highest BCUT2D eigenvalue weighted by Gasteiger charge is 2.10. The molecule has 0 amide bonds. The van der Waals surface area contributed by atoms with Crippen molar-refractivity contribution in [1.82, 2.24) is 20.4 Å². The highest BCUT2D eigenvalue weighted by Crippen LogP contribution is 2.20. The van der Waals surface area contributed by atoms with Crippen LogP contribution in [0.4, 0.5) is 0 Å². The Morgan fingerprint density at radius 1 is 1.26 bits per heavy atom. The van der Waals surface area contributed by atoms with Gasteiger partial charge in [-0.3, -0.25) is 0 Å². The lowest BCUT2D eigenvalue weighted by molar-refractivity contribution is 0.423. The van der Waals surface area contributed by atoms with Crippen LogP contribution in [0.15, 0.2) is 51.3 Å². The summed E-state index contributed by atoms with van der Waals surface area (Å²) in [6.07, 6.45) is 0. The van der Waals surface area contributed by atoms with Crippen LogP contribution in [0.1, 0.15) is 23.3 Å². The van der Waals surface area contributed by atoms with Crippen molar-refractivity contribution in [2.24, 2.45) is 4.99 Å². The number of rotatable bonds is 6. The van der Waals surface area contributed by atoms with Gasteiger partial charge in [0.15, 0.2) is 11.7 Å². The second-order valence-electron chi connectivity index (χ2n) is 5.93. The van der Waals surface area contributed by atoms with Crippen LogP contribution < -0.4 is 5.32 Å². The van der Waals surface area contributed by atoms with Gasteiger partial charge in [0, 0.05) is 30.6 Å². The van der Waals surface area contributed by atoms with Crippen LogP contribution >= 0.6 is 35.3 Å². The minimum atomic E-state index is 0. The van der Waals surface area contributed by atoms with Crippen LogP contribution in [0.5, 0.6) is 0 Å². The fourth-order valence-electron chi connectivity index (χ4n) is 2.55. The Kier molecular flexibility index (Phi) is 8.23. The number of hydrogen-bond donors (Lipinski definition) is 1. The molecule has 8 heteroatoms. The van der Waals surface area contributed by atoms with Gasteiger partial charge in [0.1, 0.15) is 5.69 Å². The topological polar surface area (TPSA) is 66.6 Å². The van der Waals surface area contributed by atoms with Gasteiger partial charge in [0.2, 0.25) is 0 Å². The van der Waals surface area contributed by atoms with E-state index < -0.39 is 0 Å². The average molecular weight is 497 g/mol. The molecular weight excluding hydrogens is 473 g/mol. The van der Waals surface area contributed by atoms with Crippen molar-refractivity contribution in [1.29, 1.82) is 0 Å². The van der Waals surface area contributed by atoms with Gasteiger partial charge in [-0.05, 0) is 13.8 Å². The molecule has 0 saturated carbocycles. The van der Waals surface area contributed by atoms with Gasteiger partial charge in [-0.1, -0.05) is 35.5 Å². The number of hydrogen-bond acceptors (Lipinski definition) is 5. The Bertz CT molecular complexity index is 862. The zero-order chi connectivity index (χ0) is 18.4. The maximum Gasteiger partial charge on any atom is 0.194 e. The predicted octanol–water partition coefficient (Wildman–Crippen LogP) is 4.32. The first-order valence-corrected chi connectivity index (χ1v) is 9.45. The number of benzene rings is 1. The van der Waals surface area contributed by atoms with Gasteiger partial charge in [0.25, 0.3) is 0 Å². The van der Waals surface area contributed by atoms with E-state index in [9.17, 15) is 0 Å². The van der Waals surface area contributed by atoms with E-state index in [1.165, 1.54) is 0 Å². The first-order chi connectivity index (χ1) is 12.7. The number of halogens is 1. The quantitative estimate of drug-likeness (QED) is 0.312. The third-order valence-electron chi connectivity index (χ3n) is 3.77. The first-order valence-electron chi connectivity index (χ1n) is 8.57. The molecule has 3 rings (SSSR count). The molecule has 0 aliphatic rings. The van der Waals surface area contributed by atoms with Crippen molar-refractivity contribution in [3.8, 4) is 11.3 Å². The molecule has 0 aliphatic heterocycles. The van der Waals surface area contributed by atoms with Crippen LogP contribution in [-0.4, -0.2) is 34.6 Å². The summed E-state index contributed by atoms with van der Waals surface area (Å²) in [6, 6.07) is 11.9. The van der Waals surface area contributed by atoms with Crippen molar-refractivity contribution in [2.45, 2.75) is 26.9 Å². The van der Waals surface area contributed by atoms with Gasteiger partial charge in [-0.25, -0.2) is 9.98 Å². The fourth-order valence-corrected chi connectivity index (χ4v) is 3.15. The van der Waals surface area contributed by atoms with E-state index >= 15 is 0 Å². The molecule has 144 valence electrons. The maximum absolute atomic E-state index is 5.44. The molecule has 0 fully saturated rings. The minimum Gasteiger partial charge on any atom is -0.357 e. The maximum atomic E-state index is 5.44. The molecule has 0 aliphatic carbocycles. The van der Waals surface area contributed by atoms with Gasteiger partial charge in [-0.2, -0.15) is 0 Å². The van der Waals surface area contributed by atoms with E-state index in [4.69, 9.17) is 4.52 Å². The van der Waals surface area contributed by atoms with E-state index in [1.54, 1.807) is 11.3 Å². The summed E-state index contributed by atoms with van der Waals surface area (Å²) in [5.74, 6) is 1.58. The zero-order valence-electron chi connectivity index (χ0n) is 15.7. The van der Waals surface area contributed by atoms with E-state index in [0.29, 0.717) is 13.1 Å². The monoisotopic (exact) mass is 497 g/mol. The highest BCUT2D eigenvalue weighted by molar-refractivity contribution is 14.0. The molecule has 0 saturated heterocycles. The van der Waals surface area contributed by atoms with Gasteiger partial charge in [-0.15, -0.1) is 35.3 Å². The number of aryl methyl sites for hydroxylation is 1. The Labute approximate surface area is 180 Å². The Morgan fingerprint density at radius 3 is 2.70 bits per heavy atom. The van der Waals surface area contributed by atoms with E-state index in [0.717, 1.165) is 40.2 Å². The van der Waals surface area contributed by atoms with Gasteiger partial charge in [0.05, 0.1) is 23.8 Å². The Hall–Kier alpha value is -1.94. The second kappa shape index (κ2) is 10.4. The molecule has 2 heterocycles. The van der Waals surface area contributed by atoms with E-state index in [-0.39, 0.29) is 24.0 Å². The lowest BCUT2D eigenvalue weighted by Gasteiger charge is -2.20. The SMILES string of the molecule is CCNC(=NCc1cc(-c2ccccc2)on1)N(C)Cc1csc(C)n1.I. The summed E-state index contributed by atoms with van der Waals surface area (Å²) >= 11 is 1.66. The number of aromatic nitrogens is 2. The molecule has 6 nitrogen and oxygen atoms in total. The van der Waals surface area contributed by atoms with Crippen molar-refractivity contribution in [3.63, 3.8) is 0 Å². The summed E-state index contributed by atoms with van der Waals surface area (Å²) in [7, 11) is 2.01. The van der Waals surface area contributed by atoms with Crippen LogP contribution in [0.3, 0.4) is 0 Å². The van der Waals surface area contributed by atoms with Crippen LogP contribution in [0.2, 0.25) is 0 Å². The van der Waals surface area contributed by atoms with E-state index in [2.05, 4.69) is 37.7 Å². The molecule has 0 atom stereocenters. The van der Waals surface area contributed by atoms with Crippen LogP contribution in [0, 0.1) is 6.92 Å². The number of aliphatic imine (C=N–C) groups is 1. The van der Waals surface area contributed by atoms with Crippen molar-refractivity contribution in [2.75, 3.05) is 13.6 Å². The van der Waals surface area contributed by atoms with Crippen molar-refractivity contribution < 1.29 is 4.52 Å². The molecular formula is C19H24IN5OS. The van der Waals surface area contributed by atoms with E-state index in [1.807, 2.05) is 50.4 Å². The summed E-state index contributed by atoms with van der Waals surface area (Å²) in [4.78, 5) is 11.3. The van der Waals surface area contributed by atoms with Gasteiger partial charge >= 0.3 is 0 Å². The summed E-state index contributed by atoms with van der Waals surface area (Å²) < 4.78 is 5.44. The normalized spacial score (nSPS) is 11.1. The molecule has 1 N–H and O–H groups in total. The van der Waals surface area contributed by atoms with Crippen LogP contribution in [-0.2, 0) is 13.1 Å². The summed E-state index contributed by atoms with van der Waals surface area (Å²) in [5.41, 5.74) is 2.86. The molecule has 0 unspecified atom stereocenters. The summed E-state index contributed by atoms with van der Waals surface area (Å²) in [5, 5.41) is 10.6. The molecule has 3 aromatic rings. The lowest BCUT2D eigenvalue weighted by atomic mass is 10.2. The molecule has 0 spiro atoms.